The van der Waals surface area contributed by atoms with E-state index in [9.17, 15) is 9.59 Å². The van der Waals surface area contributed by atoms with E-state index in [0.29, 0.717) is 5.82 Å². The Morgan fingerprint density at radius 2 is 2.06 bits per heavy atom. The molecule has 2 amide bonds. The number of nitrogens with zero attached hydrogens (tertiary/aromatic N) is 1. The zero-order valence-electron chi connectivity index (χ0n) is 11.3. The molecule has 6 heteroatoms. The van der Waals surface area contributed by atoms with Crippen molar-refractivity contribution in [3.05, 3.63) is 11.8 Å². The third kappa shape index (κ3) is 3.87. The maximum absolute atomic E-state index is 11.6. The summed E-state index contributed by atoms with van der Waals surface area (Å²) in [5.74, 6) is 0.164. The van der Waals surface area contributed by atoms with Crippen molar-refractivity contribution in [2.75, 3.05) is 11.9 Å². The molecule has 1 heterocycles. The largest absolute Gasteiger partial charge is 0.347 e. The van der Waals surface area contributed by atoms with Crippen LogP contribution in [-0.2, 0) is 16.0 Å². The van der Waals surface area contributed by atoms with E-state index in [1.807, 2.05) is 6.92 Å². The minimum atomic E-state index is -0.497. The molecule has 0 aliphatic carbocycles. The average molecular weight is 252 g/mol. The number of carbonyl (C=O) groups is 2. The lowest BCUT2D eigenvalue weighted by molar-refractivity contribution is -0.130. The summed E-state index contributed by atoms with van der Waals surface area (Å²) in [7, 11) is 0. The summed E-state index contributed by atoms with van der Waals surface area (Å²) < 4.78 is 0. The fourth-order valence-electron chi connectivity index (χ4n) is 1.30. The summed E-state index contributed by atoms with van der Waals surface area (Å²) in [6, 6.07) is 0. The lowest BCUT2D eigenvalue weighted by atomic mass is 9.96. The van der Waals surface area contributed by atoms with Gasteiger partial charge in [-0.05, 0) is 6.42 Å². The molecule has 0 bridgehead atoms. The number of aromatic nitrogens is 2. The van der Waals surface area contributed by atoms with Crippen molar-refractivity contribution in [3.63, 3.8) is 0 Å². The first-order valence-electron chi connectivity index (χ1n) is 5.95. The minimum Gasteiger partial charge on any atom is -0.347 e. The topological polar surface area (TPSA) is 86.9 Å². The molecular weight excluding hydrogens is 232 g/mol. The van der Waals surface area contributed by atoms with Crippen LogP contribution in [0.1, 0.15) is 33.3 Å². The molecule has 1 aromatic rings. The van der Waals surface area contributed by atoms with Gasteiger partial charge in [0.1, 0.15) is 5.82 Å². The highest BCUT2D eigenvalue weighted by Gasteiger charge is 2.21. The van der Waals surface area contributed by atoms with Crippen LogP contribution in [0.2, 0.25) is 0 Å². The van der Waals surface area contributed by atoms with Crippen molar-refractivity contribution < 1.29 is 9.59 Å². The summed E-state index contributed by atoms with van der Waals surface area (Å²) in [6.07, 6.45) is 2.45. The highest BCUT2D eigenvalue weighted by atomic mass is 16.2. The molecule has 6 nitrogen and oxygen atoms in total. The molecule has 0 aliphatic heterocycles. The predicted octanol–water partition coefficient (Wildman–Crippen LogP) is 1.07. The van der Waals surface area contributed by atoms with Gasteiger partial charge >= 0.3 is 0 Å². The number of amides is 2. The zero-order valence-corrected chi connectivity index (χ0v) is 11.3. The lowest BCUT2D eigenvalue weighted by Gasteiger charge is -2.17. The number of hydrogen-bond acceptors (Lipinski definition) is 3. The van der Waals surface area contributed by atoms with Gasteiger partial charge < -0.3 is 10.6 Å². The third-order valence-corrected chi connectivity index (χ3v) is 2.45. The molecule has 1 aromatic heterocycles. The Bertz CT molecular complexity index is 432. The molecular formula is C12H20N4O2. The van der Waals surface area contributed by atoms with E-state index in [1.165, 1.54) is 0 Å². The van der Waals surface area contributed by atoms with Crippen LogP contribution in [0.3, 0.4) is 0 Å². The van der Waals surface area contributed by atoms with Crippen molar-refractivity contribution in [2.24, 2.45) is 5.41 Å². The van der Waals surface area contributed by atoms with E-state index in [0.717, 1.165) is 12.0 Å². The third-order valence-electron chi connectivity index (χ3n) is 2.45. The van der Waals surface area contributed by atoms with Gasteiger partial charge in [-0.3, -0.25) is 14.7 Å². The highest BCUT2D eigenvalue weighted by Crippen LogP contribution is 2.12. The van der Waals surface area contributed by atoms with Gasteiger partial charge in [0.05, 0.1) is 12.7 Å². The van der Waals surface area contributed by atoms with Crippen LogP contribution in [0.15, 0.2) is 6.20 Å². The molecule has 0 radical (unpaired) electrons. The van der Waals surface area contributed by atoms with Gasteiger partial charge in [-0.2, -0.15) is 5.10 Å². The highest BCUT2D eigenvalue weighted by molar-refractivity contribution is 5.94. The molecule has 0 saturated heterocycles. The smallest absolute Gasteiger partial charge is 0.244 e. The Kier molecular flexibility index (Phi) is 4.47. The van der Waals surface area contributed by atoms with E-state index < -0.39 is 5.41 Å². The first-order chi connectivity index (χ1) is 8.34. The molecule has 100 valence electrons. The SMILES string of the molecule is CCc1cn[nH]c1NC(=O)CNC(=O)C(C)(C)C. The van der Waals surface area contributed by atoms with E-state index in [-0.39, 0.29) is 18.4 Å². The number of nitrogens with one attached hydrogen (secondary N) is 3. The summed E-state index contributed by atoms with van der Waals surface area (Å²) in [5.41, 5.74) is 0.438. The van der Waals surface area contributed by atoms with Crippen molar-refractivity contribution in [2.45, 2.75) is 34.1 Å². The summed E-state index contributed by atoms with van der Waals surface area (Å²) in [5, 5.41) is 11.8. The van der Waals surface area contributed by atoms with Crippen LogP contribution in [0.4, 0.5) is 5.82 Å². The van der Waals surface area contributed by atoms with Crippen LogP contribution >= 0.6 is 0 Å². The standard InChI is InChI=1S/C12H20N4O2/c1-5-8-6-14-16-10(8)15-9(17)7-13-11(18)12(2,3)4/h6H,5,7H2,1-4H3,(H,13,18)(H2,14,15,16,17). The Morgan fingerprint density at radius 3 is 2.61 bits per heavy atom. The summed E-state index contributed by atoms with van der Waals surface area (Å²) in [6.45, 7) is 7.32. The minimum absolute atomic E-state index is 0.0434. The fraction of sp³-hybridized carbons (Fsp3) is 0.583. The van der Waals surface area contributed by atoms with Crippen molar-refractivity contribution in [1.29, 1.82) is 0 Å². The molecule has 0 aromatic carbocycles. The second-order valence-electron chi connectivity index (χ2n) is 5.10. The van der Waals surface area contributed by atoms with Gasteiger partial charge in [-0.25, -0.2) is 0 Å². The van der Waals surface area contributed by atoms with E-state index in [1.54, 1.807) is 27.0 Å². The monoisotopic (exact) mass is 252 g/mol. The van der Waals surface area contributed by atoms with Crippen LogP contribution in [0.5, 0.6) is 0 Å². The quantitative estimate of drug-likeness (QED) is 0.749. The van der Waals surface area contributed by atoms with Gasteiger partial charge in [-0.1, -0.05) is 27.7 Å². The lowest BCUT2D eigenvalue weighted by Crippen LogP contribution is -2.39. The molecule has 0 aliphatic rings. The second kappa shape index (κ2) is 5.66. The molecule has 0 unspecified atom stereocenters. The Labute approximate surface area is 107 Å². The van der Waals surface area contributed by atoms with E-state index in [4.69, 9.17) is 0 Å². The Morgan fingerprint density at radius 1 is 1.39 bits per heavy atom. The predicted molar refractivity (Wildman–Crippen MR) is 69.1 cm³/mol. The van der Waals surface area contributed by atoms with Gasteiger partial charge in [-0.15, -0.1) is 0 Å². The van der Waals surface area contributed by atoms with Crippen LogP contribution < -0.4 is 10.6 Å². The molecule has 3 N–H and O–H groups in total. The number of rotatable bonds is 4. The Hall–Kier alpha value is -1.85. The number of carbonyl (C=O) groups excluding carboxylic acids is 2. The van der Waals surface area contributed by atoms with E-state index in [2.05, 4.69) is 20.8 Å². The average Bonchev–Trinajstić information content (AvgIpc) is 2.71. The molecule has 0 atom stereocenters. The van der Waals surface area contributed by atoms with Crippen molar-refractivity contribution in [3.8, 4) is 0 Å². The fourth-order valence-corrected chi connectivity index (χ4v) is 1.30. The molecule has 18 heavy (non-hydrogen) atoms. The Balaban J connectivity index is 2.46. The molecule has 0 saturated carbocycles. The molecule has 1 rings (SSSR count). The number of aryl methyl sites for hydroxylation is 1. The van der Waals surface area contributed by atoms with Gasteiger partial charge in [0, 0.05) is 11.0 Å². The van der Waals surface area contributed by atoms with Crippen molar-refractivity contribution in [1.82, 2.24) is 15.5 Å². The molecule has 0 spiro atoms. The van der Waals surface area contributed by atoms with Gasteiger partial charge in [0.2, 0.25) is 11.8 Å². The maximum atomic E-state index is 11.6. The number of hydrogen-bond donors (Lipinski definition) is 3. The zero-order chi connectivity index (χ0) is 13.8. The summed E-state index contributed by atoms with van der Waals surface area (Å²) >= 11 is 0. The van der Waals surface area contributed by atoms with E-state index >= 15 is 0 Å². The first-order valence-corrected chi connectivity index (χ1v) is 5.95. The maximum Gasteiger partial charge on any atom is 0.244 e. The van der Waals surface area contributed by atoms with Crippen LogP contribution in [0, 0.1) is 5.41 Å². The number of H-pyrrole nitrogens is 1. The van der Waals surface area contributed by atoms with Crippen LogP contribution in [-0.4, -0.2) is 28.6 Å². The van der Waals surface area contributed by atoms with Gasteiger partial charge in [0.25, 0.3) is 0 Å². The van der Waals surface area contributed by atoms with Crippen LogP contribution in [0.25, 0.3) is 0 Å². The van der Waals surface area contributed by atoms with Crippen molar-refractivity contribution >= 4 is 17.6 Å². The number of aromatic amines is 1. The normalized spacial score (nSPS) is 11.1. The summed E-state index contributed by atoms with van der Waals surface area (Å²) in [4.78, 5) is 23.2. The number of anilines is 1. The second-order valence-corrected chi connectivity index (χ2v) is 5.10. The first kappa shape index (κ1) is 14.2. The molecule has 0 fully saturated rings. The van der Waals surface area contributed by atoms with Gasteiger partial charge in [0.15, 0.2) is 0 Å².